The summed E-state index contributed by atoms with van der Waals surface area (Å²) in [6.45, 7) is 1.70. The molecule has 0 spiro atoms. The highest BCUT2D eigenvalue weighted by Crippen LogP contribution is 2.36. The van der Waals surface area contributed by atoms with E-state index in [4.69, 9.17) is 16.3 Å². The van der Waals surface area contributed by atoms with Gasteiger partial charge in [-0.25, -0.2) is 4.98 Å². The quantitative estimate of drug-likeness (QED) is 0.771. The van der Waals surface area contributed by atoms with Crippen LogP contribution in [0.3, 0.4) is 0 Å². The summed E-state index contributed by atoms with van der Waals surface area (Å²) >= 11 is 5.40. The molecule has 1 aromatic rings. The second-order valence-corrected chi connectivity index (χ2v) is 2.87. The molecule has 0 aliphatic carbocycles. The van der Waals surface area contributed by atoms with E-state index in [1.807, 2.05) is 0 Å². The van der Waals surface area contributed by atoms with Gasteiger partial charge in [-0.15, -0.1) is 0 Å². The molecule has 0 aromatic carbocycles. The van der Waals surface area contributed by atoms with Gasteiger partial charge >= 0.3 is 6.18 Å². The number of alkyl halides is 3. The van der Waals surface area contributed by atoms with Gasteiger partial charge in [0.25, 0.3) is 0 Å². The van der Waals surface area contributed by atoms with Gasteiger partial charge in [0.05, 0.1) is 11.6 Å². The third-order valence-electron chi connectivity index (χ3n) is 1.40. The Balaban J connectivity index is 3.16. The third-order valence-corrected chi connectivity index (χ3v) is 1.61. The first-order chi connectivity index (χ1) is 6.45. The number of hydrogen-bond donors (Lipinski definition) is 0. The molecule has 2 nitrogen and oxygen atoms in total. The molecular weight excluding hydrogens is 219 g/mol. The molecule has 78 valence electrons. The first-order valence-electron chi connectivity index (χ1n) is 3.80. The fraction of sp³-hybridized carbons (Fsp3) is 0.375. The normalized spacial score (nSPS) is 11.5. The van der Waals surface area contributed by atoms with Crippen LogP contribution in [0.25, 0.3) is 0 Å². The Labute approximate surface area is 83.7 Å². The van der Waals surface area contributed by atoms with Crippen LogP contribution in [-0.2, 0) is 6.18 Å². The minimum Gasteiger partial charge on any atom is -0.478 e. The van der Waals surface area contributed by atoms with E-state index in [0.29, 0.717) is 0 Å². The molecule has 0 radical (unpaired) electrons. The van der Waals surface area contributed by atoms with Crippen LogP contribution in [0.2, 0.25) is 5.02 Å². The zero-order valence-electron chi connectivity index (χ0n) is 7.23. The number of nitrogens with zero attached hydrogens (tertiary/aromatic N) is 1. The van der Waals surface area contributed by atoms with E-state index in [9.17, 15) is 13.2 Å². The van der Waals surface area contributed by atoms with Crippen molar-refractivity contribution < 1.29 is 17.9 Å². The summed E-state index contributed by atoms with van der Waals surface area (Å²) < 4.78 is 41.8. The van der Waals surface area contributed by atoms with E-state index in [0.717, 1.165) is 12.3 Å². The summed E-state index contributed by atoms with van der Waals surface area (Å²) in [6, 6.07) is 0.791. The second-order valence-electron chi connectivity index (χ2n) is 2.44. The van der Waals surface area contributed by atoms with Gasteiger partial charge in [-0.05, 0) is 13.0 Å². The van der Waals surface area contributed by atoms with E-state index in [1.54, 1.807) is 6.92 Å². The molecule has 0 amide bonds. The molecule has 0 saturated carbocycles. The predicted octanol–water partition coefficient (Wildman–Crippen LogP) is 3.15. The molecule has 0 N–H and O–H groups in total. The summed E-state index contributed by atoms with van der Waals surface area (Å²) in [5.41, 5.74) is -0.952. The van der Waals surface area contributed by atoms with Crippen LogP contribution in [0.5, 0.6) is 5.88 Å². The molecule has 0 fully saturated rings. The number of pyridine rings is 1. The maximum absolute atomic E-state index is 12.4. The molecule has 0 saturated heterocycles. The van der Waals surface area contributed by atoms with Gasteiger partial charge in [-0.1, -0.05) is 11.6 Å². The zero-order valence-corrected chi connectivity index (χ0v) is 7.99. The number of hydrogen-bond acceptors (Lipinski definition) is 2. The lowest BCUT2D eigenvalue weighted by atomic mass is 10.2. The Morgan fingerprint density at radius 1 is 1.50 bits per heavy atom. The van der Waals surface area contributed by atoms with E-state index in [1.165, 1.54) is 0 Å². The molecule has 1 aromatic heterocycles. The van der Waals surface area contributed by atoms with Crippen molar-refractivity contribution in [2.24, 2.45) is 0 Å². The first-order valence-corrected chi connectivity index (χ1v) is 4.18. The molecule has 6 heteroatoms. The van der Waals surface area contributed by atoms with E-state index in [2.05, 4.69) is 4.98 Å². The Bertz CT molecular complexity index is 327. The van der Waals surface area contributed by atoms with Crippen molar-refractivity contribution in [3.8, 4) is 5.88 Å². The van der Waals surface area contributed by atoms with E-state index >= 15 is 0 Å². The largest absolute Gasteiger partial charge is 0.478 e. The Morgan fingerprint density at radius 2 is 2.14 bits per heavy atom. The lowest BCUT2D eigenvalue weighted by Gasteiger charge is -2.11. The molecule has 0 aliphatic heterocycles. The standard InChI is InChI=1S/C8H7ClF3NO/c1-2-14-7-6(8(10,11)12)3-5(9)4-13-7/h3-4H,2H2,1H3. The number of ether oxygens (including phenoxy) is 1. The predicted molar refractivity (Wildman–Crippen MR) is 45.4 cm³/mol. The van der Waals surface area contributed by atoms with Crippen LogP contribution in [0.15, 0.2) is 12.3 Å². The summed E-state index contributed by atoms with van der Waals surface area (Å²) in [5.74, 6) is -0.440. The minimum atomic E-state index is -4.50. The third kappa shape index (κ3) is 2.51. The zero-order chi connectivity index (χ0) is 10.8. The fourth-order valence-electron chi connectivity index (χ4n) is 0.882. The van der Waals surface area contributed by atoms with Crippen molar-refractivity contribution in [3.05, 3.63) is 22.8 Å². The van der Waals surface area contributed by atoms with Crippen LogP contribution in [0.4, 0.5) is 13.2 Å². The molecule has 0 atom stereocenters. The van der Waals surface area contributed by atoms with Crippen LogP contribution < -0.4 is 4.74 Å². The monoisotopic (exact) mass is 225 g/mol. The minimum absolute atomic E-state index is 0.0687. The molecule has 1 heterocycles. The van der Waals surface area contributed by atoms with Crippen molar-refractivity contribution in [1.82, 2.24) is 4.98 Å². The van der Waals surface area contributed by atoms with Gasteiger partial charge < -0.3 is 4.74 Å². The summed E-state index contributed by atoms with van der Waals surface area (Å²) in [4.78, 5) is 3.46. The number of aromatic nitrogens is 1. The summed E-state index contributed by atoms with van der Waals surface area (Å²) in [7, 11) is 0. The highest BCUT2D eigenvalue weighted by Gasteiger charge is 2.35. The molecular formula is C8H7ClF3NO. The van der Waals surface area contributed by atoms with Crippen molar-refractivity contribution in [2.45, 2.75) is 13.1 Å². The van der Waals surface area contributed by atoms with Gasteiger partial charge in [0.2, 0.25) is 5.88 Å². The van der Waals surface area contributed by atoms with Gasteiger partial charge in [0, 0.05) is 6.20 Å². The number of rotatable bonds is 2. The maximum atomic E-state index is 12.4. The van der Waals surface area contributed by atoms with Crippen LogP contribution >= 0.6 is 11.6 Å². The van der Waals surface area contributed by atoms with Crippen molar-refractivity contribution >= 4 is 11.6 Å². The summed E-state index contributed by atoms with van der Waals surface area (Å²) in [6.07, 6.45) is -3.38. The maximum Gasteiger partial charge on any atom is 0.421 e. The van der Waals surface area contributed by atoms with Crippen molar-refractivity contribution in [2.75, 3.05) is 6.61 Å². The first kappa shape index (κ1) is 11.1. The average molecular weight is 226 g/mol. The second kappa shape index (κ2) is 4.04. The summed E-state index contributed by atoms with van der Waals surface area (Å²) in [5, 5.41) is -0.0687. The highest BCUT2D eigenvalue weighted by molar-refractivity contribution is 6.30. The van der Waals surface area contributed by atoms with Crippen LogP contribution in [0, 0.1) is 0 Å². The van der Waals surface area contributed by atoms with Crippen LogP contribution in [0.1, 0.15) is 12.5 Å². The topological polar surface area (TPSA) is 22.1 Å². The Morgan fingerprint density at radius 3 is 2.64 bits per heavy atom. The smallest absolute Gasteiger partial charge is 0.421 e. The Hall–Kier alpha value is -0.970. The molecule has 0 unspecified atom stereocenters. The SMILES string of the molecule is CCOc1ncc(Cl)cc1C(F)(F)F. The fourth-order valence-corrected chi connectivity index (χ4v) is 1.04. The molecule has 0 bridgehead atoms. The van der Waals surface area contributed by atoms with Crippen molar-refractivity contribution in [1.29, 1.82) is 0 Å². The van der Waals surface area contributed by atoms with Gasteiger partial charge in [0.15, 0.2) is 0 Å². The molecule has 0 aliphatic rings. The van der Waals surface area contributed by atoms with Gasteiger partial charge in [0.1, 0.15) is 5.56 Å². The van der Waals surface area contributed by atoms with Crippen molar-refractivity contribution in [3.63, 3.8) is 0 Å². The van der Waals surface area contributed by atoms with E-state index < -0.39 is 17.6 Å². The Kier molecular flexibility index (Phi) is 3.21. The average Bonchev–Trinajstić information content (AvgIpc) is 2.07. The van der Waals surface area contributed by atoms with Gasteiger partial charge in [-0.2, -0.15) is 13.2 Å². The lowest BCUT2D eigenvalue weighted by Crippen LogP contribution is -2.09. The van der Waals surface area contributed by atoms with E-state index in [-0.39, 0.29) is 11.6 Å². The molecule has 14 heavy (non-hydrogen) atoms. The number of halogens is 4. The van der Waals surface area contributed by atoms with Crippen LogP contribution in [-0.4, -0.2) is 11.6 Å². The highest BCUT2D eigenvalue weighted by atomic mass is 35.5. The van der Waals surface area contributed by atoms with Gasteiger partial charge in [-0.3, -0.25) is 0 Å². The molecule has 1 rings (SSSR count). The lowest BCUT2D eigenvalue weighted by molar-refractivity contribution is -0.139.